The van der Waals surface area contributed by atoms with E-state index in [1.54, 1.807) is 23.1 Å². The molecule has 2 heterocycles. The zero-order valence-corrected chi connectivity index (χ0v) is 16.3. The Hall–Kier alpha value is -2.39. The minimum atomic E-state index is -0.337. The van der Waals surface area contributed by atoms with E-state index in [1.807, 2.05) is 49.6 Å². The van der Waals surface area contributed by atoms with Crippen LogP contribution in [0.2, 0.25) is 0 Å². The van der Waals surface area contributed by atoms with Crippen molar-refractivity contribution >= 4 is 29.0 Å². The van der Waals surface area contributed by atoms with Crippen LogP contribution < -0.4 is 10.1 Å². The summed E-state index contributed by atoms with van der Waals surface area (Å²) in [6, 6.07) is 9.74. The van der Waals surface area contributed by atoms with Crippen LogP contribution in [0.5, 0.6) is 5.75 Å². The molecular weight excluding hydrogens is 370 g/mol. The van der Waals surface area contributed by atoms with E-state index in [0.717, 1.165) is 16.1 Å². The Labute approximate surface area is 159 Å². The third-order valence-corrected chi connectivity index (χ3v) is 5.58. The number of thiophene rings is 1. The second-order valence-corrected chi connectivity index (χ2v) is 7.95. The summed E-state index contributed by atoms with van der Waals surface area (Å²) >= 11 is 2.92. The van der Waals surface area contributed by atoms with Crippen LogP contribution in [0, 0.1) is 6.92 Å². The molecule has 0 aliphatic heterocycles. The molecule has 7 nitrogen and oxygen atoms in total. The number of hydrogen-bond acceptors (Lipinski definition) is 7. The largest absolute Gasteiger partial charge is 0.494 e. The van der Waals surface area contributed by atoms with Crippen molar-refractivity contribution in [3.63, 3.8) is 0 Å². The Morgan fingerprint density at radius 1 is 1.42 bits per heavy atom. The number of ether oxygens (including phenoxy) is 1. The maximum atomic E-state index is 12.4. The Bertz CT molecular complexity index is 879. The first-order valence-corrected chi connectivity index (χ1v) is 9.74. The topological polar surface area (TPSA) is 81.9 Å². The Kier molecular flexibility index (Phi) is 5.89. The SMILES string of the molecule is COc1ccc(C)cc1-n1nnnc1S[C@H](C)C(=O)NCc1cccs1. The van der Waals surface area contributed by atoms with Gasteiger partial charge in [-0.15, -0.1) is 16.4 Å². The smallest absolute Gasteiger partial charge is 0.233 e. The summed E-state index contributed by atoms with van der Waals surface area (Å²) in [5.74, 6) is 0.605. The fourth-order valence-electron chi connectivity index (χ4n) is 2.31. The molecule has 1 aromatic carbocycles. The predicted molar refractivity (Wildman–Crippen MR) is 102 cm³/mol. The molecular formula is C17H19N5O2S2. The number of aryl methyl sites for hydroxylation is 1. The molecule has 0 spiro atoms. The van der Waals surface area contributed by atoms with Crippen LogP contribution in [0.15, 0.2) is 40.9 Å². The minimum Gasteiger partial charge on any atom is -0.494 e. The summed E-state index contributed by atoms with van der Waals surface area (Å²) < 4.78 is 7.00. The van der Waals surface area contributed by atoms with Crippen LogP contribution in [-0.4, -0.2) is 38.5 Å². The van der Waals surface area contributed by atoms with Gasteiger partial charge in [-0.05, 0) is 53.4 Å². The Morgan fingerprint density at radius 2 is 2.27 bits per heavy atom. The van der Waals surface area contributed by atoms with Gasteiger partial charge < -0.3 is 10.1 Å². The second kappa shape index (κ2) is 8.33. The number of carbonyl (C=O) groups is 1. The first-order valence-electron chi connectivity index (χ1n) is 7.98. The molecule has 1 N–H and O–H groups in total. The van der Waals surface area contributed by atoms with Crippen LogP contribution in [0.25, 0.3) is 5.69 Å². The van der Waals surface area contributed by atoms with Gasteiger partial charge in [0, 0.05) is 4.88 Å². The van der Waals surface area contributed by atoms with E-state index in [4.69, 9.17) is 4.74 Å². The maximum absolute atomic E-state index is 12.4. The fourth-order valence-corrected chi connectivity index (χ4v) is 3.78. The van der Waals surface area contributed by atoms with Crippen molar-refractivity contribution in [2.45, 2.75) is 30.8 Å². The lowest BCUT2D eigenvalue weighted by molar-refractivity contribution is -0.120. The van der Waals surface area contributed by atoms with E-state index in [1.165, 1.54) is 11.8 Å². The number of benzene rings is 1. The van der Waals surface area contributed by atoms with Crippen molar-refractivity contribution in [1.29, 1.82) is 0 Å². The van der Waals surface area contributed by atoms with E-state index in [2.05, 4.69) is 20.8 Å². The summed E-state index contributed by atoms with van der Waals surface area (Å²) in [5.41, 5.74) is 1.81. The molecule has 2 aromatic heterocycles. The normalized spacial score (nSPS) is 12.0. The van der Waals surface area contributed by atoms with E-state index in [0.29, 0.717) is 17.5 Å². The fraction of sp³-hybridized carbons (Fsp3) is 0.294. The minimum absolute atomic E-state index is 0.0610. The van der Waals surface area contributed by atoms with Crippen molar-refractivity contribution < 1.29 is 9.53 Å². The summed E-state index contributed by atoms with van der Waals surface area (Å²) in [4.78, 5) is 13.5. The predicted octanol–water partition coefficient (Wildman–Crippen LogP) is 2.84. The molecule has 3 aromatic rings. The standard InChI is InChI=1S/C17H19N5O2S2/c1-11-6-7-15(24-3)14(9-11)22-17(19-20-21-22)26-12(2)16(23)18-10-13-5-4-8-25-13/h4-9,12H,10H2,1-3H3,(H,18,23)/t12-/m1/s1. The van der Waals surface area contributed by atoms with E-state index < -0.39 is 0 Å². The maximum Gasteiger partial charge on any atom is 0.233 e. The summed E-state index contributed by atoms with van der Waals surface area (Å²) in [6.45, 7) is 4.35. The van der Waals surface area contributed by atoms with Crippen LogP contribution >= 0.6 is 23.1 Å². The molecule has 0 fully saturated rings. The molecule has 9 heteroatoms. The average molecular weight is 390 g/mol. The summed E-state index contributed by atoms with van der Waals surface area (Å²) in [6.07, 6.45) is 0. The highest BCUT2D eigenvalue weighted by Gasteiger charge is 2.20. The molecule has 1 amide bonds. The van der Waals surface area contributed by atoms with E-state index >= 15 is 0 Å². The zero-order valence-electron chi connectivity index (χ0n) is 14.7. The Morgan fingerprint density at radius 3 is 3.00 bits per heavy atom. The van der Waals surface area contributed by atoms with Gasteiger partial charge in [0.25, 0.3) is 0 Å². The zero-order chi connectivity index (χ0) is 18.5. The molecule has 0 bridgehead atoms. The van der Waals surface area contributed by atoms with Gasteiger partial charge in [0.15, 0.2) is 0 Å². The van der Waals surface area contributed by atoms with Gasteiger partial charge in [0.05, 0.1) is 18.9 Å². The van der Waals surface area contributed by atoms with Crippen molar-refractivity contribution in [3.8, 4) is 11.4 Å². The highest BCUT2D eigenvalue weighted by molar-refractivity contribution is 8.00. The molecule has 0 aliphatic rings. The Balaban J connectivity index is 1.72. The van der Waals surface area contributed by atoms with E-state index in [-0.39, 0.29) is 11.2 Å². The molecule has 0 saturated carbocycles. The molecule has 0 saturated heterocycles. The quantitative estimate of drug-likeness (QED) is 0.626. The van der Waals surface area contributed by atoms with Gasteiger partial charge in [-0.25, -0.2) is 0 Å². The number of carbonyl (C=O) groups excluding carboxylic acids is 1. The second-order valence-electron chi connectivity index (χ2n) is 5.61. The lowest BCUT2D eigenvalue weighted by atomic mass is 10.2. The van der Waals surface area contributed by atoms with Gasteiger partial charge in [-0.1, -0.05) is 23.9 Å². The average Bonchev–Trinajstić information content (AvgIpc) is 3.31. The molecule has 136 valence electrons. The van der Waals surface area contributed by atoms with Crippen molar-refractivity contribution in [2.24, 2.45) is 0 Å². The van der Waals surface area contributed by atoms with E-state index in [9.17, 15) is 4.79 Å². The monoisotopic (exact) mass is 389 g/mol. The number of nitrogens with zero attached hydrogens (tertiary/aromatic N) is 4. The lowest BCUT2D eigenvalue weighted by Crippen LogP contribution is -2.30. The molecule has 1 atom stereocenters. The molecule has 0 aliphatic carbocycles. The van der Waals surface area contributed by atoms with Crippen LogP contribution in [0.1, 0.15) is 17.4 Å². The number of thioether (sulfide) groups is 1. The third-order valence-electron chi connectivity index (χ3n) is 3.67. The lowest BCUT2D eigenvalue weighted by Gasteiger charge is -2.13. The van der Waals surface area contributed by atoms with Crippen LogP contribution in [-0.2, 0) is 11.3 Å². The molecule has 0 unspecified atom stereocenters. The van der Waals surface area contributed by atoms with Gasteiger partial charge in [0.2, 0.25) is 11.1 Å². The van der Waals surface area contributed by atoms with Gasteiger partial charge in [-0.2, -0.15) is 4.68 Å². The number of methoxy groups -OCH3 is 1. The first-order chi connectivity index (χ1) is 12.6. The van der Waals surface area contributed by atoms with Crippen molar-refractivity contribution in [1.82, 2.24) is 25.5 Å². The third kappa shape index (κ3) is 4.23. The van der Waals surface area contributed by atoms with Crippen LogP contribution in [0.3, 0.4) is 0 Å². The number of tetrazole rings is 1. The van der Waals surface area contributed by atoms with Gasteiger partial charge >= 0.3 is 0 Å². The number of amides is 1. The van der Waals surface area contributed by atoms with Gasteiger partial charge in [0.1, 0.15) is 11.4 Å². The van der Waals surface area contributed by atoms with Crippen molar-refractivity contribution in [3.05, 3.63) is 46.2 Å². The molecule has 0 radical (unpaired) electrons. The molecule has 3 rings (SSSR count). The number of hydrogen-bond donors (Lipinski definition) is 1. The number of aromatic nitrogens is 4. The number of nitrogens with one attached hydrogen (secondary N) is 1. The highest BCUT2D eigenvalue weighted by atomic mass is 32.2. The number of rotatable bonds is 7. The molecule has 26 heavy (non-hydrogen) atoms. The van der Waals surface area contributed by atoms with Crippen molar-refractivity contribution in [2.75, 3.05) is 7.11 Å². The summed E-state index contributed by atoms with van der Waals surface area (Å²) in [7, 11) is 1.60. The van der Waals surface area contributed by atoms with Gasteiger partial charge in [-0.3, -0.25) is 4.79 Å². The summed E-state index contributed by atoms with van der Waals surface area (Å²) in [5, 5.41) is 17.0. The first kappa shape index (κ1) is 18.4. The highest BCUT2D eigenvalue weighted by Crippen LogP contribution is 2.28. The van der Waals surface area contributed by atoms with Crippen LogP contribution in [0.4, 0.5) is 0 Å².